The van der Waals surface area contributed by atoms with Gasteiger partial charge in [-0.15, -0.1) is 0 Å². The number of ether oxygens (including phenoxy) is 2. The highest BCUT2D eigenvalue weighted by Gasteiger charge is 2.45. The summed E-state index contributed by atoms with van der Waals surface area (Å²) in [6.45, 7) is 4.19. The summed E-state index contributed by atoms with van der Waals surface area (Å²) < 4.78 is 10.8. The Morgan fingerprint density at radius 3 is 2.42 bits per heavy atom. The molecule has 2 saturated heterocycles. The molecule has 0 N–H and O–H groups in total. The third-order valence-corrected chi connectivity index (χ3v) is 7.85. The summed E-state index contributed by atoms with van der Waals surface area (Å²) in [5.74, 6) is 1.09. The molecular weight excluding hydrogens is 454 g/mol. The second-order valence-corrected chi connectivity index (χ2v) is 9.85. The third kappa shape index (κ3) is 4.79. The second-order valence-electron chi connectivity index (χ2n) is 9.85. The molecule has 36 heavy (non-hydrogen) atoms. The zero-order valence-electron chi connectivity index (χ0n) is 21.1. The van der Waals surface area contributed by atoms with Crippen molar-refractivity contribution < 1.29 is 19.1 Å². The fraction of sp³-hybridized carbons (Fsp3) is 0.448. The maximum Gasteiger partial charge on any atom is 0.227 e. The highest BCUT2D eigenvalue weighted by molar-refractivity contribution is 5.89. The van der Waals surface area contributed by atoms with Gasteiger partial charge < -0.3 is 24.2 Å². The number of benzene rings is 2. The van der Waals surface area contributed by atoms with Gasteiger partial charge in [-0.1, -0.05) is 36.4 Å². The first-order chi connectivity index (χ1) is 17.6. The van der Waals surface area contributed by atoms with Crippen molar-refractivity contribution >= 4 is 17.5 Å². The predicted molar refractivity (Wildman–Crippen MR) is 139 cm³/mol. The molecule has 7 heteroatoms. The minimum Gasteiger partial charge on any atom is -0.493 e. The lowest BCUT2D eigenvalue weighted by molar-refractivity contribution is -0.152. The van der Waals surface area contributed by atoms with Gasteiger partial charge >= 0.3 is 0 Å². The highest BCUT2D eigenvalue weighted by Crippen LogP contribution is 2.39. The number of rotatable bonds is 6. The van der Waals surface area contributed by atoms with Crippen molar-refractivity contribution in [1.29, 1.82) is 0 Å². The van der Waals surface area contributed by atoms with Crippen LogP contribution in [0.3, 0.4) is 0 Å². The largest absolute Gasteiger partial charge is 0.493 e. The van der Waals surface area contributed by atoms with Gasteiger partial charge in [-0.2, -0.15) is 0 Å². The van der Waals surface area contributed by atoms with E-state index in [1.54, 1.807) is 14.2 Å². The highest BCUT2D eigenvalue weighted by atomic mass is 16.5. The number of carbonyl (C=O) groups excluding carboxylic acids is 2. The summed E-state index contributed by atoms with van der Waals surface area (Å²) in [5.41, 5.74) is 2.18. The van der Waals surface area contributed by atoms with Crippen LogP contribution in [0.1, 0.15) is 18.4 Å². The Morgan fingerprint density at radius 1 is 0.944 bits per heavy atom. The lowest BCUT2D eigenvalue weighted by Gasteiger charge is -2.44. The van der Waals surface area contributed by atoms with E-state index in [0.29, 0.717) is 44.1 Å². The zero-order chi connectivity index (χ0) is 25.1. The monoisotopic (exact) mass is 489 g/mol. The van der Waals surface area contributed by atoms with E-state index in [4.69, 9.17) is 9.47 Å². The molecule has 190 valence electrons. The molecule has 0 aromatic heterocycles. The zero-order valence-corrected chi connectivity index (χ0v) is 21.1. The van der Waals surface area contributed by atoms with Gasteiger partial charge in [-0.3, -0.25) is 9.59 Å². The van der Waals surface area contributed by atoms with Crippen molar-refractivity contribution in [2.75, 3.05) is 51.8 Å². The molecule has 2 amide bonds. The molecule has 0 unspecified atom stereocenters. The van der Waals surface area contributed by atoms with Crippen molar-refractivity contribution in [2.24, 2.45) is 17.8 Å². The van der Waals surface area contributed by atoms with Crippen LogP contribution in [0.15, 0.2) is 60.7 Å². The molecule has 3 aliphatic rings. The summed E-state index contributed by atoms with van der Waals surface area (Å²) in [6, 6.07) is 16.1. The van der Waals surface area contributed by atoms with Gasteiger partial charge in [0.1, 0.15) is 0 Å². The number of hydrogen-bond donors (Lipinski definition) is 0. The fourth-order valence-electron chi connectivity index (χ4n) is 5.89. The summed E-state index contributed by atoms with van der Waals surface area (Å²) in [7, 11) is 3.23. The Bertz CT molecular complexity index is 1110. The Morgan fingerprint density at radius 2 is 1.69 bits per heavy atom. The van der Waals surface area contributed by atoms with E-state index in [2.05, 4.69) is 29.2 Å². The number of likely N-dealkylation sites (tertiary alicyclic amines) is 1. The molecule has 0 spiro atoms. The molecule has 0 saturated carbocycles. The first-order valence-corrected chi connectivity index (χ1v) is 12.8. The molecule has 0 bridgehead atoms. The number of hydrogen-bond acceptors (Lipinski definition) is 5. The van der Waals surface area contributed by atoms with Gasteiger partial charge in [0.15, 0.2) is 11.5 Å². The van der Waals surface area contributed by atoms with Gasteiger partial charge in [-0.25, -0.2) is 0 Å². The molecule has 2 aromatic rings. The van der Waals surface area contributed by atoms with Crippen LogP contribution in [0.25, 0.3) is 0 Å². The van der Waals surface area contributed by atoms with Gasteiger partial charge in [0.05, 0.1) is 26.1 Å². The average Bonchev–Trinajstić information content (AvgIpc) is 2.94. The van der Waals surface area contributed by atoms with E-state index in [1.807, 2.05) is 46.2 Å². The molecule has 1 aliphatic carbocycles. The van der Waals surface area contributed by atoms with Crippen molar-refractivity contribution in [2.45, 2.75) is 19.4 Å². The van der Waals surface area contributed by atoms with E-state index in [1.165, 1.54) is 5.69 Å². The number of fused-ring (bicyclic) bond motifs is 1. The van der Waals surface area contributed by atoms with Crippen LogP contribution in [-0.2, 0) is 16.1 Å². The Kier molecular flexibility index (Phi) is 7.16. The van der Waals surface area contributed by atoms with Crippen LogP contribution >= 0.6 is 0 Å². The number of carbonyl (C=O) groups is 2. The average molecular weight is 490 g/mol. The molecular formula is C29H35N3O4. The van der Waals surface area contributed by atoms with Crippen LogP contribution in [-0.4, -0.2) is 68.6 Å². The van der Waals surface area contributed by atoms with Gasteiger partial charge in [0, 0.05) is 45.0 Å². The SMILES string of the molecule is COc1ccc(CN2CC[C@H]3C=CC[C@@H](C(=O)N4CCN(c5ccccc5)CC4)[C@H]3C2=O)cc1OC. The van der Waals surface area contributed by atoms with E-state index in [0.717, 1.165) is 25.1 Å². The van der Waals surface area contributed by atoms with Crippen molar-refractivity contribution in [3.63, 3.8) is 0 Å². The number of para-hydroxylation sites is 1. The van der Waals surface area contributed by atoms with Crippen LogP contribution in [0.5, 0.6) is 11.5 Å². The number of piperidine rings is 1. The number of methoxy groups -OCH3 is 2. The first kappa shape index (κ1) is 24.2. The van der Waals surface area contributed by atoms with Crippen molar-refractivity contribution in [3.05, 3.63) is 66.2 Å². The van der Waals surface area contributed by atoms with E-state index in [9.17, 15) is 9.59 Å². The predicted octanol–water partition coefficient (Wildman–Crippen LogP) is 3.59. The minimum atomic E-state index is -0.288. The van der Waals surface area contributed by atoms with Crippen LogP contribution in [0, 0.1) is 17.8 Å². The first-order valence-electron chi connectivity index (χ1n) is 12.8. The topological polar surface area (TPSA) is 62.3 Å². The molecule has 3 atom stereocenters. The maximum absolute atomic E-state index is 13.7. The molecule has 5 rings (SSSR count). The summed E-state index contributed by atoms with van der Waals surface area (Å²) in [5, 5.41) is 0. The molecule has 0 radical (unpaired) electrons. The molecule has 2 aromatic carbocycles. The lowest BCUT2D eigenvalue weighted by atomic mass is 9.71. The summed E-state index contributed by atoms with van der Waals surface area (Å²) in [4.78, 5) is 33.6. The molecule has 2 heterocycles. The van der Waals surface area contributed by atoms with Crippen LogP contribution in [0.2, 0.25) is 0 Å². The molecule has 2 aliphatic heterocycles. The Balaban J connectivity index is 1.26. The molecule has 2 fully saturated rings. The third-order valence-electron chi connectivity index (χ3n) is 7.85. The van der Waals surface area contributed by atoms with E-state index < -0.39 is 0 Å². The molecule has 7 nitrogen and oxygen atoms in total. The van der Waals surface area contributed by atoms with Crippen LogP contribution in [0.4, 0.5) is 5.69 Å². The lowest BCUT2D eigenvalue weighted by Crippen LogP contribution is -2.55. The smallest absolute Gasteiger partial charge is 0.227 e. The number of amides is 2. The van der Waals surface area contributed by atoms with Crippen molar-refractivity contribution in [3.8, 4) is 11.5 Å². The normalized spacial score (nSPS) is 23.9. The Hall–Kier alpha value is -3.48. The van der Waals surface area contributed by atoms with Crippen molar-refractivity contribution in [1.82, 2.24) is 9.80 Å². The minimum absolute atomic E-state index is 0.0895. The quantitative estimate of drug-likeness (QED) is 0.581. The number of nitrogens with zero attached hydrogens (tertiary/aromatic N) is 3. The standard InChI is InChI=1S/C29H35N3O4/c1-35-25-12-11-21(19-26(25)36-2)20-32-14-13-22-7-6-10-24(27(22)29(32)34)28(33)31-17-15-30(16-18-31)23-8-4-3-5-9-23/h3-9,11-12,19,22,24,27H,10,13-18,20H2,1-2H3/t22-,24-,27+/m1/s1. The Labute approximate surface area is 213 Å². The summed E-state index contributed by atoms with van der Waals surface area (Å²) >= 11 is 0. The van der Waals surface area contributed by atoms with Gasteiger partial charge in [0.2, 0.25) is 11.8 Å². The second kappa shape index (κ2) is 10.6. The maximum atomic E-state index is 13.7. The summed E-state index contributed by atoms with van der Waals surface area (Å²) in [6.07, 6.45) is 5.79. The fourth-order valence-corrected chi connectivity index (χ4v) is 5.89. The number of piperazine rings is 1. The van der Waals surface area contributed by atoms with E-state index in [-0.39, 0.29) is 29.6 Å². The van der Waals surface area contributed by atoms with Gasteiger partial charge in [-0.05, 0) is 48.6 Å². The van der Waals surface area contributed by atoms with E-state index >= 15 is 0 Å². The number of anilines is 1. The van der Waals surface area contributed by atoms with Crippen LogP contribution < -0.4 is 14.4 Å². The van der Waals surface area contributed by atoms with Gasteiger partial charge in [0.25, 0.3) is 0 Å². The number of allylic oxidation sites excluding steroid dienone is 2.